The number of para-hydroxylation sites is 1. The van der Waals surface area contributed by atoms with Gasteiger partial charge in [-0.3, -0.25) is 9.59 Å². The van der Waals surface area contributed by atoms with Crippen molar-refractivity contribution in [2.45, 2.75) is 12.8 Å². The minimum atomic E-state index is -0.433. The topological polar surface area (TPSA) is 82.4 Å². The Labute approximate surface area is 162 Å². The first-order valence-corrected chi connectivity index (χ1v) is 8.82. The lowest BCUT2D eigenvalue weighted by Gasteiger charge is -2.07. The zero-order valence-electron chi connectivity index (χ0n) is 15.5. The number of benzene rings is 2. The van der Waals surface area contributed by atoms with Gasteiger partial charge in [0, 0.05) is 18.3 Å². The zero-order chi connectivity index (χ0) is 19.8. The van der Waals surface area contributed by atoms with E-state index in [0.717, 1.165) is 11.3 Å². The van der Waals surface area contributed by atoms with Crippen LogP contribution in [0.1, 0.15) is 12.0 Å². The number of hydrogen-bond acceptors (Lipinski definition) is 5. The number of ether oxygens (including phenoxy) is 2. The third-order valence-electron chi connectivity index (χ3n) is 4.01. The molecule has 0 saturated heterocycles. The van der Waals surface area contributed by atoms with Crippen molar-refractivity contribution in [3.8, 4) is 11.4 Å². The van der Waals surface area contributed by atoms with Crippen LogP contribution in [0.15, 0.2) is 67.0 Å². The van der Waals surface area contributed by atoms with E-state index < -0.39 is 11.9 Å². The number of nitrogens with zero attached hydrogens (tertiary/aromatic N) is 2. The summed E-state index contributed by atoms with van der Waals surface area (Å²) in [4.78, 5) is 23.8. The average Bonchev–Trinajstić information content (AvgIpc) is 3.21. The van der Waals surface area contributed by atoms with Crippen LogP contribution in [0, 0.1) is 0 Å². The van der Waals surface area contributed by atoms with Gasteiger partial charge in [-0.2, -0.15) is 5.10 Å². The Morgan fingerprint density at radius 1 is 1.07 bits per heavy atom. The Hall–Kier alpha value is -3.61. The lowest BCUT2D eigenvalue weighted by Crippen LogP contribution is -2.21. The number of anilines is 1. The molecule has 7 heteroatoms. The SMILES string of the molecule is COc1ccc(NC(=O)COC(=O)CCc2cnn(-c3ccccc3)c2)cc1. The van der Waals surface area contributed by atoms with Crippen LogP contribution >= 0.6 is 0 Å². The Balaban J connectivity index is 1.40. The number of rotatable bonds is 8. The fraction of sp³-hybridized carbons (Fsp3) is 0.190. The molecule has 1 aromatic heterocycles. The Kier molecular flexibility index (Phi) is 6.41. The van der Waals surface area contributed by atoms with Crippen LogP contribution in [0.3, 0.4) is 0 Å². The number of aromatic nitrogens is 2. The molecule has 0 spiro atoms. The maximum absolute atomic E-state index is 11.9. The first kappa shape index (κ1) is 19.2. The molecule has 0 aliphatic carbocycles. The number of methoxy groups -OCH3 is 1. The molecule has 0 radical (unpaired) electrons. The van der Waals surface area contributed by atoms with E-state index in [-0.39, 0.29) is 13.0 Å². The van der Waals surface area contributed by atoms with Gasteiger partial charge in [0.15, 0.2) is 6.61 Å². The van der Waals surface area contributed by atoms with Crippen molar-refractivity contribution < 1.29 is 19.1 Å². The number of nitrogens with one attached hydrogen (secondary N) is 1. The minimum absolute atomic E-state index is 0.177. The second-order valence-corrected chi connectivity index (χ2v) is 6.07. The van der Waals surface area contributed by atoms with E-state index in [2.05, 4.69) is 10.4 Å². The second-order valence-electron chi connectivity index (χ2n) is 6.07. The van der Waals surface area contributed by atoms with Crippen molar-refractivity contribution in [3.05, 3.63) is 72.6 Å². The first-order valence-electron chi connectivity index (χ1n) is 8.82. The predicted octanol–water partition coefficient (Wildman–Crippen LogP) is 3.00. The molecule has 1 heterocycles. The molecule has 0 atom stereocenters. The fourth-order valence-corrected chi connectivity index (χ4v) is 2.55. The highest BCUT2D eigenvalue weighted by Gasteiger charge is 2.09. The Bertz CT molecular complexity index is 920. The molecule has 0 fully saturated rings. The molecule has 0 unspecified atom stereocenters. The predicted molar refractivity (Wildman–Crippen MR) is 104 cm³/mol. The molecule has 0 aliphatic rings. The fourth-order valence-electron chi connectivity index (χ4n) is 2.55. The van der Waals surface area contributed by atoms with Crippen molar-refractivity contribution in [1.82, 2.24) is 9.78 Å². The van der Waals surface area contributed by atoms with Gasteiger partial charge in [-0.1, -0.05) is 18.2 Å². The molecular formula is C21H21N3O4. The van der Waals surface area contributed by atoms with Crippen LogP contribution in [-0.2, 0) is 20.7 Å². The summed E-state index contributed by atoms with van der Waals surface area (Å²) in [6, 6.07) is 16.6. The lowest BCUT2D eigenvalue weighted by atomic mass is 10.2. The van der Waals surface area contributed by atoms with Gasteiger partial charge in [0.05, 0.1) is 19.0 Å². The van der Waals surface area contributed by atoms with Crippen molar-refractivity contribution in [2.24, 2.45) is 0 Å². The average molecular weight is 379 g/mol. The number of carbonyl (C=O) groups is 2. The number of aryl methyl sites for hydroxylation is 1. The van der Waals surface area contributed by atoms with E-state index in [1.165, 1.54) is 0 Å². The summed E-state index contributed by atoms with van der Waals surface area (Å²) in [5, 5.41) is 6.95. The monoisotopic (exact) mass is 379 g/mol. The first-order chi connectivity index (χ1) is 13.6. The molecule has 3 rings (SSSR count). The largest absolute Gasteiger partial charge is 0.497 e. The normalized spacial score (nSPS) is 10.3. The summed E-state index contributed by atoms with van der Waals surface area (Å²) in [5.41, 5.74) is 2.48. The molecule has 1 amide bonds. The Morgan fingerprint density at radius 2 is 1.82 bits per heavy atom. The molecule has 7 nitrogen and oxygen atoms in total. The summed E-state index contributed by atoms with van der Waals surface area (Å²) >= 11 is 0. The van der Waals surface area contributed by atoms with Gasteiger partial charge in [0.2, 0.25) is 0 Å². The third-order valence-corrected chi connectivity index (χ3v) is 4.01. The van der Waals surface area contributed by atoms with Crippen LogP contribution in [0.4, 0.5) is 5.69 Å². The third kappa shape index (κ3) is 5.44. The highest BCUT2D eigenvalue weighted by Crippen LogP contribution is 2.15. The number of amides is 1. The van der Waals surface area contributed by atoms with E-state index in [4.69, 9.17) is 9.47 Å². The van der Waals surface area contributed by atoms with Gasteiger partial charge in [-0.05, 0) is 48.4 Å². The van der Waals surface area contributed by atoms with Gasteiger partial charge in [0.1, 0.15) is 5.75 Å². The molecular weight excluding hydrogens is 358 g/mol. The zero-order valence-corrected chi connectivity index (χ0v) is 15.5. The standard InChI is InChI=1S/C21H21N3O4/c1-27-19-10-8-17(9-11-19)23-20(25)15-28-21(26)12-7-16-13-22-24(14-16)18-5-3-2-4-6-18/h2-6,8-11,13-14H,7,12,15H2,1H3,(H,23,25). The number of hydrogen-bond donors (Lipinski definition) is 1. The van der Waals surface area contributed by atoms with E-state index in [1.54, 1.807) is 42.3 Å². The van der Waals surface area contributed by atoms with E-state index >= 15 is 0 Å². The van der Waals surface area contributed by atoms with E-state index in [0.29, 0.717) is 17.9 Å². The van der Waals surface area contributed by atoms with Gasteiger partial charge in [-0.15, -0.1) is 0 Å². The molecule has 0 saturated carbocycles. The van der Waals surface area contributed by atoms with Crippen LogP contribution < -0.4 is 10.1 Å². The van der Waals surface area contributed by atoms with Gasteiger partial charge in [-0.25, -0.2) is 4.68 Å². The second kappa shape index (κ2) is 9.36. The summed E-state index contributed by atoms with van der Waals surface area (Å²) in [5.74, 6) is -0.132. The number of esters is 1. The van der Waals surface area contributed by atoms with Gasteiger partial charge < -0.3 is 14.8 Å². The summed E-state index contributed by atoms with van der Waals surface area (Å²) in [7, 11) is 1.57. The highest BCUT2D eigenvalue weighted by atomic mass is 16.5. The van der Waals surface area contributed by atoms with Crippen molar-refractivity contribution in [1.29, 1.82) is 0 Å². The van der Waals surface area contributed by atoms with Crippen LogP contribution in [0.25, 0.3) is 5.69 Å². The van der Waals surface area contributed by atoms with E-state index in [1.807, 2.05) is 36.5 Å². The van der Waals surface area contributed by atoms with Crippen LogP contribution in [-0.4, -0.2) is 35.4 Å². The van der Waals surface area contributed by atoms with Gasteiger partial charge in [0.25, 0.3) is 5.91 Å². The highest BCUT2D eigenvalue weighted by molar-refractivity contribution is 5.92. The van der Waals surface area contributed by atoms with E-state index in [9.17, 15) is 9.59 Å². The molecule has 0 aliphatic heterocycles. The lowest BCUT2D eigenvalue weighted by molar-refractivity contribution is -0.147. The summed E-state index contributed by atoms with van der Waals surface area (Å²) < 4.78 is 11.8. The maximum Gasteiger partial charge on any atom is 0.306 e. The van der Waals surface area contributed by atoms with Crippen LogP contribution in [0.2, 0.25) is 0 Å². The molecule has 1 N–H and O–H groups in total. The molecule has 0 bridgehead atoms. The smallest absolute Gasteiger partial charge is 0.306 e. The van der Waals surface area contributed by atoms with Crippen molar-refractivity contribution in [3.63, 3.8) is 0 Å². The quantitative estimate of drug-likeness (QED) is 0.609. The Morgan fingerprint density at radius 3 is 2.54 bits per heavy atom. The summed E-state index contributed by atoms with van der Waals surface area (Å²) in [6.45, 7) is -0.325. The van der Waals surface area contributed by atoms with Crippen LogP contribution in [0.5, 0.6) is 5.75 Å². The summed E-state index contributed by atoms with van der Waals surface area (Å²) in [6.07, 6.45) is 4.26. The van der Waals surface area contributed by atoms with Crippen molar-refractivity contribution >= 4 is 17.6 Å². The molecule has 3 aromatic rings. The minimum Gasteiger partial charge on any atom is -0.497 e. The van der Waals surface area contributed by atoms with Crippen molar-refractivity contribution in [2.75, 3.05) is 19.0 Å². The maximum atomic E-state index is 11.9. The molecule has 144 valence electrons. The molecule has 28 heavy (non-hydrogen) atoms. The molecule has 2 aromatic carbocycles. The number of carbonyl (C=O) groups excluding carboxylic acids is 2. The van der Waals surface area contributed by atoms with Gasteiger partial charge >= 0.3 is 5.97 Å².